The molecule has 160 valence electrons. The second-order valence-electron chi connectivity index (χ2n) is 7.36. The standard InChI is InChI=1S/C21H22F2N2O4S/c22-21(23)29-17-7-5-15(6-8-17)20(26)25-13-3-4-16-14-18(9-10-19(16)25)30(27,28)24-11-1-2-12-24/h5-10,14,21H,1-4,11-13H2. The first-order chi connectivity index (χ1) is 14.4. The summed E-state index contributed by atoms with van der Waals surface area (Å²) in [5.74, 6) is -0.285. The number of anilines is 1. The van der Waals surface area contributed by atoms with Crippen LogP contribution in [0.2, 0.25) is 0 Å². The summed E-state index contributed by atoms with van der Waals surface area (Å²) in [4.78, 5) is 14.9. The minimum Gasteiger partial charge on any atom is -0.435 e. The molecule has 0 unspecified atom stereocenters. The number of fused-ring (bicyclic) bond motifs is 1. The number of carbonyl (C=O) groups excluding carboxylic acids is 1. The predicted molar refractivity (Wildman–Crippen MR) is 108 cm³/mol. The van der Waals surface area contributed by atoms with Gasteiger partial charge in [0.05, 0.1) is 4.90 Å². The largest absolute Gasteiger partial charge is 0.435 e. The van der Waals surface area contributed by atoms with Gasteiger partial charge in [0.2, 0.25) is 10.0 Å². The molecule has 0 bridgehead atoms. The predicted octanol–water partition coefficient (Wildman–Crippen LogP) is 3.67. The van der Waals surface area contributed by atoms with Crippen molar-refractivity contribution in [3.63, 3.8) is 0 Å². The number of amides is 1. The highest BCUT2D eigenvalue weighted by Gasteiger charge is 2.30. The number of halogens is 2. The van der Waals surface area contributed by atoms with Gasteiger partial charge in [-0.1, -0.05) is 0 Å². The molecule has 1 fully saturated rings. The second kappa shape index (κ2) is 8.31. The molecule has 0 aromatic heterocycles. The summed E-state index contributed by atoms with van der Waals surface area (Å²) < 4.78 is 56.1. The molecule has 0 aliphatic carbocycles. The van der Waals surface area contributed by atoms with E-state index in [1.165, 1.54) is 28.6 Å². The van der Waals surface area contributed by atoms with Gasteiger partial charge in [-0.25, -0.2) is 8.42 Å². The van der Waals surface area contributed by atoms with E-state index in [0.29, 0.717) is 43.7 Å². The quantitative estimate of drug-likeness (QED) is 0.718. The average Bonchev–Trinajstić information content (AvgIpc) is 3.28. The molecule has 2 aromatic rings. The van der Waals surface area contributed by atoms with E-state index >= 15 is 0 Å². The van der Waals surface area contributed by atoms with Crippen LogP contribution >= 0.6 is 0 Å². The van der Waals surface area contributed by atoms with Crippen LogP contribution in [0.25, 0.3) is 0 Å². The maximum Gasteiger partial charge on any atom is 0.387 e. The number of carbonyl (C=O) groups is 1. The summed E-state index contributed by atoms with van der Waals surface area (Å²) >= 11 is 0. The van der Waals surface area contributed by atoms with E-state index in [1.54, 1.807) is 23.1 Å². The Morgan fingerprint density at radius 3 is 2.33 bits per heavy atom. The van der Waals surface area contributed by atoms with E-state index in [9.17, 15) is 22.0 Å². The van der Waals surface area contributed by atoms with Gasteiger partial charge >= 0.3 is 6.61 Å². The third-order valence-electron chi connectivity index (χ3n) is 5.44. The van der Waals surface area contributed by atoms with Gasteiger partial charge in [0, 0.05) is 30.9 Å². The number of rotatable bonds is 5. The van der Waals surface area contributed by atoms with E-state index in [2.05, 4.69) is 4.74 Å². The van der Waals surface area contributed by atoms with Crippen LogP contribution in [0.5, 0.6) is 5.75 Å². The van der Waals surface area contributed by atoms with E-state index in [-0.39, 0.29) is 16.6 Å². The van der Waals surface area contributed by atoms with Crippen LogP contribution in [-0.2, 0) is 16.4 Å². The third kappa shape index (κ3) is 4.04. The summed E-state index contributed by atoms with van der Waals surface area (Å²) in [6.07, 6.45) is 3.13. The number of ether oxygens (including phenoxy) is 1. The van der Waals surface area contributed by atoms with Crippen molar-refractivity contribution in [2.75, 3.05) is 24.5 Å². The van der Waals surface area contributed by atoms with E-state index in [0.717, 1.165) is 18.4 Å². The van der Waals surface area contributed by atoms with Crippen molar-refractivity contribution in [2.45, 2.75) is 37.2 Å². The Bertz CT molecular complexity index is 1040. The Kier molecular flexibility index (Phi) is 5.75. The average molecular weight is 436 g/mol. The Balaban J connectivity index is 1.58. The number of aryl methyl sites for hydroxylation is 1. The molecule has 0 N–H and O–H groups in total. The first-order valence-electron chi connectivity index (χ1n) is 9.86. The second-order valence-corrected chi connectivity index (χ2v) is 9.30. The third-order valence-corrected chi connectivity index (χ3v) is 7.34. The highest BCUT2D eigenvalue weighted by atomic mass is 32.2. The van der Waals surface area contributed by atoms with Crippen molar-refractivity contribution in [2.24, 2.45) is 0 Å². The molecule has 0 radical (unpaired) electrons. The Labute approximate surface area is 174 Å². The van der Waals surface area contributed by atoms with Gasteiger partial charge in [0.15, 0.2) is 0 Å². The molecule has 2 aromatic carbocycles. The Morgan fingerprint density at radius 1 is 0.967 bits per heavy atom. The number of hydrogen-bond donors (Lipinski definition) is 0. The highest BCUT2D eigenvalue weighted by Crippen LogP contribution is 2.32. The molecule has 2 aliphatic heterocycles. The molecule has 0 saturated carbocycles. The molecule has 30 heavy (non-hydrogen) atoms. The molecule has 9 heteroatoms. The SMILES string of the molecule is O=C(c1ccc(OC(F)F)cc1)N1CCCc2cc(S(=O)(=O)N3CCCC3)ccc21. The fraction of sp³-hybridized carbons (Fsp3) is 0.381. The van der Waals surface area contributed by atoms with E-state index in [1.807, 2.05) is 0 Å². The molecule has 0 spiro atoms. The summed E-state index contributed by atoms with van der Waals surface area (Å²) in [6.45, 7) is -1.35. The lowest BCUT2D eigenvalue weighted by Gasteiger charge is -2.30. The van der Waals surface area contributed by atoms with Gasteiger partial charge in [-0.3, -0.25) is 4.79 Å². The van der Waals surface area contributed by atoms with Crippen LogP contribution in [0.4, 0.5) is 14.5 Å². The van der Waals surface area contributed by atoms with Crippen molar-refractivity contribution in [3.8, 4) is 5.75 Å². The Hall–Kier alpha value is -2.52. The minimum absolute atomic E-state index is 0.0163. The summed E-state index contributed by atoms with van der Waals surface area (Å²) in [5.41, 5.74) is 1.84. The number of alkyl halides is 2. The monoisotopic (exact) mass is 436 g/mol. The van der Waals surface area contributed by atoms with Crippen molar-refractivity contribution in [1.82, 2.24) is 4.31 Å². The topological polar surface area (TPSA) is 66.9 Å². The molecule has 1 amide bonds. The van der Waals surface area contributed by atoms with Gasteiger partial charge in [0.25, 0.3) is 5.91 Å². The molecular formula is C21H22F2N2O4S. The van der Waals surface area contributed by atoms with Crippen molar-refractivity contribution >= 4 is 21.6 Å². The van der Waals surface area contributed by atoms with Crippen LogP contribution in [0.3, 0.4) is 0 Å². The Morgan fingerprint density at radius 2 is 1.67 bits per heavy atom. The highest BCUT2D eigenvalue weighted by molar-refractivity contribution is 7.89. The molecule has 2 aliphatic rings. The lowest BCUT2D eigenvalue weighted by Crippen LogP contribution is -2.35. The minimum atomic E-state index is -3.52. The van der Waals surface area contributed by atoms with Crippen molar-refractivity contribution in [3.05, 3.63) is 53.6 Å². The number of hydrogen-bond acceptors (Lipinski definition) is 4. The molecule has 4 rings (SSSR count). The van der Waals surface area contributed by atoms with Crippen LogP contribution in [-0.4, -0.2) is 44.9 Å². The van der Waals surface area contributed by atoms with Crippen molar-refractivity contribution < 1.29 is 26.7 Å². The lowest BCUT2D eigenvalue weighted by molar-refractivity contribution is -0.0498. The summed E-state index contributed by atoms with van der Waals surface area (Å²) in [6, 6.07) is 10.5. The van der Waals surface area contributed by atoms with Gasteiger partial charge < -0.3 is 9.64 Å². The first-order valence-corrected chi connectivity index (χ1v) is 11.3. The van der Waals surface area contributed by atoms with Crippen LogP contribution in [0.15, 0.2) is 47.4 Å². The van der Waals surface area contributed by atoms with Gasteiger partial charge in [-0.2, -0.15) is 13.1 Å². The van der Waals surface area contributed by atoms with E-state index in [4.69, 9.17) is 0 Å². The van der Waals surface area contributed by atoms with Crippen LogP contribution in [0.1, 0.15) is 35.2 Å². The lowest BCUT2D eigenvalue weighted by atomic mass is 10.0. The maximum absolute atomic E-state index is 13.0. The first kappa shape index (κ1) is 20.7. The normalized spacial score (nSPS) is 17.2. The molecule has 2 heterocycles. The molecule has 0 atom stereocenters. The van der Waals surface area contributed by atoms with Crippen LogP contribution < -0.4 is 9.64 Å². The number of sulfonamides is 1. The fourth-order valence-electron chi connectivity index (χ4n) is 3.96. The van der Waals surface area contributed by atoms with E-state index < -0.39 is 16.6 Å². The molecule has 1 saturated heterocycles. The van der Waals surface area contributed by atoms with Gasteiger partial charge in [-0.05, 0) is 73.7 Å². The fourth-order valence-corrected chi connectivity index (χ4v) is 5.53. The van der Waals surface area contributed by atoms with Crippen LogP contribution in [0, 0.1) is 0 Å². The molecule has 6 nitrogen and oxygen atoms in total. The smallest absolute Gasteiger partial charge is 0.387 e. The van der Waals surface area contributed by atoms with Gasteiger partial charge in [-0.15, -0.1) is 0 Å². The molecular weight excluding hydrogens is 414 g/mol. The number of nitrogens with zero attached hydrogens (tertiary/aromatic N) is 2. The van der Waals surface area contributed by atoms with Crippen molar-refractivity contribution in [1.29, 1.82) is 0 Å². The number of benzene rings is 2. The zero-order valence-electron chi connectivity index (χ0n) is 16.3. The van der Waals surface area contributed by atoms with Gasteiger partial charge in [0.1, 0.15) is 5.75 Å². The maximum atomic E-state index is 13.0. The summed E-state index contributed by atoms with van der Waals surface area (Å²) in [7, 11) is -3.52. The summed E-state index contributed by atoms with van der Waals surface area (Å²) in [5, 5.41) is 0. The zero-order chi connectivity index (χ0) is 21.3. The zero-order valence-corrected chi connectivity index (χ0v) is 17.1.